The lowest BCUT2D eigenvalue weighted by Crippen LogP contribution is -2.19. The minimum atomic E-state index is -0.235. The van der Waals surface area contributed by atoms with E-state index in [1.165, 1.54) is 27.8 Å². The fourth-order valence-corrected chi connectivity index (χ4v) is 7.96. The molecule has 1 N–H and O–H groups in total. The Morgan fingerprint density at radius 2 is 1.22 bits per heavy atom. The number of hydrogen-bond acceptors (Lipinski definition) is 3. The van der Waals surface area contributed by atoms with E-state index in [4.69, 9.17) is 9.97 Å². The van der Waals surface area contributed by atoms with Crippen LogP contribution < -0.4 is 0 Å². The van der Waals surface area contributed by atoms with Crippen molar-refractivity contribution in [2.24, 2.45) is 0 Å². The summed E-state index contributed by atoms with van der Waals surface area (Å²) < 4.78 is 2.22. The first-order valence-electron chi connectivity index (χ1n) is 18.6. The van der Waals surface area contributed by atoms with Gasteiger partial charge in [-0.1, -0.05) is 111 Å². The number of hydrogen-bond donors (Lipinski definition) is 1. The lowest BCUT2D eigenvalue weighted by Gasteiger charge is -2.27. The van der Waals surface area contributed by atoms with Crippen LogP contribution in [0.3, 0.4) is 0 Å². The van der Waals surface area contributed by atoms with Gasteiger partial charge in [-0.05, 0) is 127 Å². The first kappa shape index (κ1) is 34.8. The fraction of sp³-hybridized carbons (Fsp3) is 0.160. The number of aryl methyl sites for hydroxylation is 5. The number of fused-ring (bicyclic) bond motifs is 1. The van der Waals surface area contributed by atoms with Crippen molar-refractivity contribution >= 4 is 11.0 Å². The highest BCUT2D eigenvalue weighted by atomic mass is 16.3. The molecule has 8 aromatic rings. The molecular formula is C50H45N3O. The van der Waals surface area contributed by atoms with Crippen LogP contribution in [0.5, 0.6) is 5.75 Å². The molecule has 0 fully saturated rings. The number of benzene rings is 6. The Bertz CT molecular complexity index is 2690. The lowest BCUT2D eigenvalue weighted by molar-refractivity contribution is 0.472. The van der Waals surface area contributed by atoms with Crippen LogP contribution in [0.2, 0.25) is 0 Å². The SMILES string of the molecule is Cc1cc(C)c(O)c(-c2nc3c(-c4cc(-c5cc(-c6ccccc6)c(C)cn5)c(C)cc4C)cccc3n2-c2cccc(C(C)(C)c3ccccc3)c2)c1. The Morgan fingerprint density at radius 3 is 1.98 bits per heavy atom. The van der Waals surface area contributed by atoms with E-state index in [0.29, 0.717) is 11.4 Å². The Hall–Kier alpha value is -6.26. The molecule has 266 valence electrons. The summed E-state index contributed by atoms with van der Waals surface area (Å²) in [6.45, 7) is 15.0. The van der Waals surface area contributed by atoms with E-state index in [1.807, 2.05) is 31.3 Å². The summed E-state index contributed by atoms with van der Waals surface area (Å²) in [5.74, 6) is 0.946. The average Bonchev–Trinajstić information content (AvgIpc) is 3.57. The summed E-state index contributed by atoms with van der Waals surface area (Å²) >= 11 is 0. The molecule has 0 amide bonds. The zero-order valence-corrected chi connectivity index (χ0v) is 32.1. The molecule has 0 atom stereocenters. The van der Waals surface area contributed by atoms with Crippen molar-refractivity contribution in [1.82, 2.24) is 14.5 Å². The van der Waals surface area contributed by atoms with Gasteiger partial charge in [0, 0.05) is 28.4 Å². The molecule has 0 aliphatic carbocycles. The van der Waals surface area contributed by atoms with Gasteiger partial charge in [-0.2, -0.15) is 0 Å². The van der Waals surface area contributed by atoms with Crippen LogP contribution in [-0.2, 0) is 5.41 Å². The molecule has 0 aliphatic rings. The van der Waals surface area contributed by atoms with Crippen LogP contribution in [0.15, 0.2) is 140 Å². The van der Waals surface area contributed by atoms with Gasteiger partial charge in [-0.25, -0.2) is 4.98 Å². The van der Waals surface area contributed by atoms with Crippen LogP contribution in [0.25, 0.3) is 61.6 Å². The zero-order chi connectivity index (χ0) is 37.7. The van der Waals surface area contributed by atoms with Crippen molar-refractivity contribution < 1.29 is 5.11 Å². The standard InChI is InChI=1S/C50H45N3O/c1-31-24-34(4)48(54)44(25-31)49-52-47-40(22-15-23-46(47)53(49)39-21-14-20-38(27-39)50(6,7)37-18-12-9-13-19-37)42-28-43(33(3)26-32(42)2)45-29-41(35(5)30-51-45)36-16-10-8-11-17-36/h8-30,54H,1-7H3. The number of aromatic nitrogens is 3. The summed E-state index contributed by atoms with van der Waals surface area (Å²) in [6, 6.07) is 47.1. The largest absolute Gasteiger partial charge is 0.507 e. The number of phenols is 1. The molecule has 0 bridgehead atoms. The van der Waals surface area contributed by atoms with E-state index in [9.17, 15) is 5.11 Å². The fourth-order valence-electron chi connectivity index (χ4n) is 7.96. The Kier molecular flexibility index (Phi) is 8.78. The van der Waals surface area contributed by atoms with Gasteiger partial charge in [0.05, 0.1) is 22.3 Å². The van der Waals surface area contributed by atoms with E-state index in [-0.39, 0.29) is 11.2 Å². The van der Waals surface area contributed by atoms with Crippen molar-refractivity contribution in [3.63, 3.8) is 0 Å². The number of imidazole rings is 1. The monoisotopic (exact) mass is 703 g/mol. The van der Waals surface area contributed by atoms with Gasteiger partial charge in [0.25, 0.3) is 0 Å². The summed E-state index contributed by atoms with van der Waals surface area (Å²) in [5.41, 5.74) is 17.6. The topological polar surface area (TPSA) is 50.9 Å². The number of pyridine rings is 1. The molecule has 0 aliphatic heterocycles. The van der Waals surface area contributed by atoms with Crippen LogP contribution >= 0.6 is 0 Å². The van der Waals surface area contributed by atoms with Gasteiger partial charge in [0.2, 0.25) is 0 Å². The molecule has 0 spiro atoms. The summed E-state index contributed by atoms with van der Waals surface area (Å²) in [5, 5.41) is 11.6. The van der Waals surface area contributed by atoms with Crippen molar-refractivity contribution in [2.75, 3.05) is 0 Å². The van der Waals surface area contributed by atoms with Gasteiger partial charge in [-0.15, -0.1) is 0 Å². The summed E-state index contributed by atoms with van der Waals surface area (Å²) in [6.07, 6.45) is 1.98. The maximum Gasteiger partial charge on any atom is 0.149 e. The second-order valence-corrected chi connectivity index (χ2v) is 15.2. The molecule has 0 unspecified atom stereocenters. The highest BCUT2D eigenvalue weighted by Gasteiger charge is 2.26. The highest BCUT2D eigenvalue weighted by Crippen LogP contribution is 2.42. The maximum atomic E-state index is 11.6. The first-order valence-corrected chi connectivity index (χ1v) is 18.6. The van der Waals surface area contributed by atoms with Crippen molar-refractivity contribution in [3.8, 4) is 56.3 Å². The number of rotatable bonds is 7. The first-order chi connectivity index (χ1) is 26.0. The van der Waals surface area contributed by atoms with Gasteiger partial charge in [-0.3, -0.25) is 9.55 Å². The molecule has 8 rings (SSSR count). The smallest absolute Gasteiger partial charge is 0.149 e. The number of phenolic OH excluding ortho intramolecular Hbond substituents is 1. The average molecular weight is 704 g/mol. The second kappa shape index (κ2) is 13.6. The molecule has 2 aromatic heterocycles. The molecule has 2 heterocycles. The van der Waals surface area contributed by atoms with E-state index in [2.05, 4.69) is 161 Å². The molecule has 0 saturated heterocycles. The minimum Gasteiger partial charge on any atom is -0.507 e. The summed E-state index contributed by atoms with van der Waals surface area (Å²) in [7, 11) is 0. The Morgan fingerprint density at radius 1 is 0.537 bits per heavy atom. The van der Waals surface area contributed by atoms with Crippen LogP contribution in [0.1, 0.15) is 52.8 Å². The van der Waals surface area contributed by atoms with E-state index in [1.54, 1.807) is 0 Å². The Labute approximate surface area is 318 Å². The van der Waals surface area contributed by atoms with E-state index < -0.39 is 0 Å². The van der Waals surface area contributed by atoms with Gasteiger partial charge < -0.3 is 5.11 Å². The van der Waals surface area contributed by atoms with Crippen LogP contribution in [-0.4, -0.2) is 19.6 Å². The molecule has 6 aromatic carbocycles. The van der Waals surface area contributed by atoms with Crippen LogP contribution in [0.4, 0.5) is 0 Å². The molecule has 54 heavy (non-hydrogen) atoms. The molecule has 4 nitrogen and oxygen atoms in total. The third-order valence-corrected chi connectivity index (χ3v) is 11.0. The quantitative estimate of drug-likeness (QED) is 0.180. The second-order valence-electron chi connectivity index (χ2n) is 15.2. The third-order valence-electron chi connectivity index (χ3n) is 11.0. The Balaban J connectivity index is 1.35. The van der Waals surface area contributed by atoms with E-state index >= 15 is 0 Å². The molecule has 0 saturated carbocycles. The minimum absolute atomic E-state index is 0.235. The molecular weight excluding hydrogens is 659 g/mol. The van der Waals surface area contributed by atoms with Crippen molar-refractivity contribution in [2.45, 2.75) is 53.9 Å². The highest BCUT2D eigenvalue weighted by molar-refractivity contribution is 5.97. The van der Waals surface area contributed by atoms with Gasteiger partial charge >= 0.3 is 0 Å². The normalized spacial score (nSPS) is 11.7. The van der Waals surface area contributed by atoms with Crippen molar-refractivity contribution in [1.29, 1.82) is 0 Å². The van der Waals surface area contributed by atoms with Crippen LogP contribution in [0, 0.1) is 34.6 Å². The molecule has 4 heteroatoms. The summed E-state index contributed by atoms with van der Waals surface area (Å²) in [4.78, 5) is 10.4. The predicted molar refractivity (Wildman–Crippen MR) is 225 cm³/mol. The van der Waals surface area contributed by atoms with Crippen molar-refractivity contribution in [3.05, 3.63) is 179 Å². The maximum absolute atomic E-state index is 11.6. The lowest BCUT2D eigenvalue weighted by atomic mass is 9.78. The predicted octanol–water partition coefficient (Wildman–Crippen LogP) is 12.7. The zero-order valence-electron chi connectivity index (χ0n) is 32.1. The van der Waals surface area contributed by atoms with E-state index in [0.717, 1.165) is 61.4 Å². The third kappa shape index (κ3) is 6.08. The van der Waals surface area contributed by atoms with Gasteiger partial charge in [0.15, 0.2) is 0 Å². The number of aromatic hydroxyl groups is 1. The number of nitrogens with zero attached hydrogens (tertiary/aromatic N) is 3. The van der Waals surface area contributed by atoms with Gasteiger partial charge in [0.1, 0.15) is 11.6 Å². The molecule has 0 radical (unpaired) electrons. The number of para-hydroxylation sites is 1.